The molecule has 1 aromatic rings. The quantitative estimate of drug-likeness (QED) is 0.477. The number of likely N-dealkylation sites (tertiary alicyclic amines) is 3. The highest BCUT2D eigenvalue weighted by Crippen LogP contribution is 2.41. The molecule has 36 heavy (non-hydrogen) atoms. The number of benzene rings is 1. The highest BCUT2D eigenvalue weighted by Gasteiger charge is 2.47. The molecule has 4 aliphatic rings. The van der Waals surface area contributed by atoms with E-state index < -0.39 is 17.2 Å². The maximum Gasteiger partial charge on any atom is 0.260 e. The molecule has 0 radical (unpaired) electrons. The summed E-state index contributed by atoms with van der Waals surface area (Å²) in [7, 11) is 3.61. The molecule has 0 atom stereocenters. The SMILES string of the molecule is CONC1=CC2(CCN(C(=O)C3(F)CCN(CC=CC4CN(C)C4)CC3)CC2)Oc2ccc(F)cc21. The Bertz CT molecular complexity index is 1020. The van der Waals surface area contributed by atoms with Gasteiger partial charge in [0.2, 0.25) is 0 Å². The van der Waals surface area contributed by atoms with Gasteiger partial charge >= 0.3 is 0 Å². The van der Waals surface area contributed by atoms with Gasteiger partial charge in [0.1, 0.15) is 17.2 Å². The van der Waals surface area contributed by atoms with Gasteiger partial charge in [-0.15, -0.1) is 0 Å². The molecule has 3 saturated heterocycles. The van der Waals surface area contributed by atoms with E-state index >= 15 is 4.39 Å². The topological polar surface area (TPSA) is 57.3 Å². The maximum absolute atomic E-state index is 15.8. The largest absolute Gasteiger partial charge is 0.482 e. The number of rotatable bonds is 6. The van der Waals surface area contributed by atoms with Crippen LogP contribution in [0.2, 0.25) is 0 Å². The third-order valence-electron chi connectivity index (χ3n) is 7.96. The molecule has 1 N–H and O–H groups in total. The zero-order valence-electron chi connectivity index (χ0n) is 21.1. The fourth-order valence-electron chi connectivity index (χ4n) is 5.78. The Hall–Kier alpha value is -2.49. The Kier molecular flexibility index (Phi) is 7.07. The summed E-state index contributed by atoms with van der Waals surface area (Å²) in [6, 6.07) is 4.38. The standard InChI is InChI=1S/C27H36F2N4O3/c1-31-18-20(19-31)4-3-11-32-12-9-27(29,10-13-32)25(34)33-14-7-26(8-15-33)17-23(30-35-2)22-16-21(28)5-6-24(22)36-26/h3-6,16-17,20,30H,7-15,18-19H2,1-2H3. The molecule has 9 heteroatoms. The van der Waals surface area contributed by atoms with Gasteiger partial charge in [0.25, 0.3) is 5.91 Å². The predicted molar refractivity (Wildman–Crippen MR) is 133 cm³/mol. The molecular formula is C27H36F2N4O3. The summed E-state index contributed by atoms with van der Waals surface area (Å²) in [5, 5.41) is 0. The van der Waals surface area contributed by atoms with Gasteiger partial charge in [-0.1, -0.05) is 12.2 Å². The number of hydrogen-bond acceptors (Lipinski definition) is 6. The van der Waals surface area contributed by atoms with Gasteiger partial charge in [0.15, 0.2) is 5.67 Å². The van der Waals surface area contributed by atoms with Crippen molar-refractivity contribution in [1.29, 1.82) is 0 Å². The third kappa shape index (κ3) is 5.14. The number of hydroxylamine groups is 1. The average molecular weight is 503 g/mol. The molecule has 0 bridgehead atoms. The molecule has 0 aliphatic carbocycles. The van der Waals surface area contributed by atoms with Gasteiger partial charge < -0.3 is 14.5 Å². The molecule has 0 unspecified atom stereocenters. The summed E-state index contributed by atoms with van der Waals surface area (Å²) < 4.78 is 35.9. The third-order valence-corrected chi connectivity index (χ3v) is 7.96. The minimum Gasteiger partial charge on any atom is -0.482 e. The lowest BCUT2D eigenvalue weighted by Crippen LogP contribution is -2.57. The van der Waals surface area contributed by atoms with E-state index in [0.717, 1.165) is 19.6 Å². The van der Waals surface area contributed by atoms with E-state index in [1.54, 1.807) is 11.0 Å². The number of nitrogens with zero attached hydrogens (tertiary/aromatic N) is 3. The first-order chi connectivity index (χ1) is 17.3. The van der Waals surface area contributed by atoms with Crippen LogP contribution in [0.15, 0.2) is 36.4 Å². The number of piperidine rings is 2. The van der Waals surface area contributed by atoms with E-state index in [0.29, 0.717) is 61.9 Å². The molecule has 0 saturated carbocycles. The monoisotopic (exact) mass is 502 g/mol. The number of amides is 1. The van der Waals surface area contributed by atoms with E-state index in [9.17, 15) is 9.18 Å². The van der Waals surface area contributed by atoms with E-state index in [4.69, 9.17) is 9.57 Å². The Morgan fingerprint density at radius 3 is 2.58 bits per heavy atom. The van der Waals surface area contributed by atoms with Gasteiger partial charge in [0, 0.05) is 83.0 Å². The van der Waals surface area contributed by atoms with Crippen LogP contribution in [0.25, 0.3) is 5.70 Å². The fraction of sp³-hybridized carbons (Fsp3) is 0.593. The van der Waals surface area contributed by atoms with Crippen molar-refractivity contribution in [3.8, 4) is 5.75 Å². The van der Waals surface area contributed by atoms with Crippen LogP contribution in [-0.2, 0) is 9.63 Å². The Morgan fingerprint density at radius 2 is 1.92 bits per heavy atom. The summed E-state index contributed by atoms with van der Waals surface area (Å²) >= 11 is 0. The van der Waals surface area contributed by atoms with E-state index in [2.05, 4.69) is 34.5 Å². The second-order valence-corrected chi connectivity index (χ2v) is 10.6. The Balaban J connectivity index is 1.16. The first-order valence-electron chi connectivity index (χ1n) is 12.9. The van der Waals surface area contributed by atoms with Gasteiger partial charge in [-0.05, 0) is 31.3 Å². The van der Waals surface area contributed by atoms with Crippen LogP contribution in [0.3, 0.4) is 0 Å². The van der Waals surface area contributed by atoms with Crippen molar-refractivity contribution in [3.63, 3.8) is 0 Å². The number of carbonyl (C=O) groups is 1. The zero-order chi connectivity index (χ0) is 25.3. The lowest BCUT2D eigenvalue weighted by Gasteiger charge is -2.45. The summed E-state index contributed by atoms with van der Waals surface area (Å²) in [5.41, 5.74) is 1.58. The minimum absolute atomic E-state index is 0.227. The van der Waals surface area contributed by atoms with Crippen LogP contribution in [0.4, 0.5) is 8.78 Å². The number of carbonyl (C=O) groups excluding carboxylic acids is 1. The lowest BCUT2D eigenvalue weighted by atomic mass is 9.85. The van der Waals surface area contributed by atoms with Crippen molar-refractivity contribution < 1.29 is 23.1 Å². The molecule has 0 aromatic heterocycles. The molecule has 7 nitrogen and oxygen atoms in total. The van der Waals surface area contributed by atoms with Gasteiger partial charge in [-0.2, -0.15) is 0 Å². The lowest BCUT2D eigenvalue weighted by molar-refractivity contribution is -0.150. The molecule has 1 spiro atoms. The molecule has 4 aliphatic heterocycles. The fourth-order valence-corrected chi connectivity index (χ4v) is 5.78. The summed E-state index contributed by atoms with van der Waals surface area (Å²) in [6.07, 6.45) is 7.85. The van der Waals surface area contributed by atoms with Crippen LogP contribution in [0.1, 0.15) is 31.2 Å². The van der Waals surface area contributed by atoms with Crippen LogP contribution >= 0.6 is 0 Å². The molecule has 4 heterocycles. The van der Waals surface area contributed by atoms with Crippen LogP contribution in [0.5, 0.6) is 5.75 Å². The maximum atomic E-state index is 15.8. The van der Waals surface area contributed by atoms with Crippen LogP contribution in [0, 0.1) is 11.7 Å². The number of alkyl halides is 1. The molecular weight excluding hydrogens is 466 g/mol. The van der Waals surface area contributed by atoms with Crippen LogP contribution < -0.4 is 10.2 Å². The summed E-state index contributed by atoms with van der Waals surface area (Å²) in [4.78, 5) is 24.5. The Morgan fingerprint density at radius 1 is 1.19 bits per heavy atom. The van der Waals surface area contributed by atoms with E-state index in [1.165, 1.54) is 19.2 Å². The number of halogens is 2. The molecule has 3 fully saturated rings. The summed E-state index contributed by atoms with van der Waals surface area (Å²) in [5.74, 6) is 0.426. The number of nitrogens with one attached hydrogen (secondary N) is 1. The van der Waals surface area contributed by atoms with Gasteiger partial charge in [0.05, 0.1) is 12.8 Å². The molecule has 1 aromatic carbocycles. The highest BCUT2D eigenvalue weighted by molar-refractivity contribution is 5.85. The molecule has 1 amide bonds. The number of ether oxygens (including phenoxy) is 1. The zero-order valence-corrected chi connectivity index (χ0v) is 21.1. The molecule has 196 valence electrons. The van der Waals surface area contributed by atoms with Gasteiger partial charge in [-0.3, -0.25) is 20.0 Å². The summed E-state index contributed by atoms with van der Waals surface area (Å²) in [6.45, 7) is 4.99. The molecule has 5 rings (SSSR count). The van der Waals surface area contributed by atoms with E-state index in [-0.39, 0.29) is 18.7 Å². The van der Waals surface area contributed by atoms with Gasteiger partial charge in [-0.25, -0.2) is 8.78 Å². The van der Waals surface area contributed by atoms with Crippen molar-refractivity contribution in [1.82, 2.24) is 20.2 Å². The van der Waals surface area contributed by atoms with Crippen LogP contribution in [-0.4, -0.2) is 91.8 Å². The van der Waals surface area contributed by atoms with Crippen molar-refractivity contribution in [3.05, 3.63) is 47.8 Å². The number of fused-ring (bicyclic) bond motifs is 1. The van der Waals surface area contributed by atoms with E-state index in [1.807, 2.05) is 6.08 Å². The Labute approximate surface area is 211 Å². The second-order valence-electron chi connectivity index (χ2n) is 10.6. The van der Waals surface area contributed by atoms with Crippen molar-refractivity contribution >= 4 is 11.6 Å². The average Bonchev–Trinajstić information content (AvgIpc) is 2.85. The first kappa shape index (κ1) is 25.2. The first-order valence-corrected chi connectivity index (χ1v) is 12.9. The van der Waals surface area contributed by atoms with Crippen molar-refractivity contribution in [2.75, 3.05) is 60.0 Å². The van der Waals surface area contributed by atoms with Crippen molar-refractivity contribution in [2.45, 2.75) is 37.0 Å². The second kappa shape index (κ2) is 10.1. The highest BCUT2D eigenvalue weighted by atomic mass is 19.1. The number of hydrogen-bond donors (Lipinski definition) is 1. The normalized spacial score (nSPS) is 24.2. The van der Waals surface area contributed by atoms with Crippen molar-refractivity contribution in [2.24, 2.45) is 5.92 Å². The minimum atomic E-state index is -1.81. The smallest absolute Gasteiger partial charge is 0.260 e. The predicted octanol–water partition coefficient (Wildman–Crippen LogP) is 2.99.